The molecule has 138 valence electrons. The molecule has 1 aliphatic heterocycles. The number of aliphatic imine (C=N–C) groups is 1. The predicted octanol–water partition coefficient (Wildman–Crippen LogP) is 5.49. The van der Waals surface area contributed by atoms with Crippen molar-refractivity contribution < 1.29 is 9.59 Å². The van der Waals surface area contributed by atoms with Crippen LogP contribution < -0.4 is 0 Å². The average molecular weight is 464 g/mol. The highest BCUT2D eigenvalue weighted by Crippen LogP contribution is 2.32. The lowest BCUT2D eigenvalue weighted by atomic mass is 10.1. The average Bonchev–Trinajstić information content (AvgIpc) is 2.93. The second-order valence-corrected chi connectivity index (χ2v) is 8.37. The molecular weight excluding hydrogens is 448 g/mol. The van der Waals surface area contributed by atoms with Crippen LogP contribution in [0.4, 0.5) is 5.69 Å². The van der Waals surface area contributed by atoms with Gasteiger partial charge in [-0.3, -0.25) is 14.5 Å². The van der Waals surface area contributed by atoms with E-state index in [9.17, 15) is 9.59 Å². The van der Waals surface area contributed by atoms with Gasteiger partial charge in [0, 0.05) is 28.0 Å². The number of Topliss-reactive ketones (excluding diaryl/α,β-unsaturated/α-hetero) is 1. The molecule has 1 aliphatic rings. The van der Waals surface area contributed by atoms with Gasteiger partial charge in [0.25, 0.3) is 0 Å². The number of carbonyl (C=O) groups is 2. The number of amidine groups is 1. The molecule has 0 bridgehead atoms. The minimum Gasteiger partial charge on any atom is -0.294 e. The van der Waals surface area contributed by atoms with E-state index < -0.39 is 5.25 Å². The molecule has 1 heterocycles. The van der Waals surface area contributed by atoms with Crippen molar-refractivity contribution in [3.8, 4) is 0 Å². The molecular formula is C20H16BrClN2O2S. The molecule has 0 radical (unpaired) electrons. The molecule has 7 heteroatoms. The molecule has 1 atom stereocenters. The summed E-state index contributed by atoms with van der Waals surface area (Å²) in [5, 5.41) is 0.693. The largest absolute Gasteiger partial charge is 0.294 e. The molecule has 0 N–H and O–H groups in total. The van der Waals surface area contributed by atoms with Gasteiger partial charge in [-0.05, 0) is 36.4 Å². The van der Waals surface area contributed by atoms with Gasteiger partial charge in [0.2, 0.25) is 5.91 Å². The Morgan fingerprint density at radius 2 is 1.89 bits per heavy atom. The topological polar surface area (TPSA) is 49.7 Å². The smallest absolute Gasteiger partial charge is 0.242 e. The van der Waals surface area contributed by atoms with Crippen LogP contribution in [0, 0.1) is 0 Å². The summed E-state index contributed by atoms with van der Waals surface area (Å²) >= 11 is 10.6. The first-order chi connectivity index (χ1) is 13.0. The maximum atomic E-state index is 12.8. The van der Waals surface area contributed by atoms with E-state index in [4.69, 9.17) is 11.6 Å². The zero-order chi connectivity index (χ0) is 19.4. The quantitative estimate of drug-likeness (QED) is 0.420. The summed E-state index contributed by atoms with van der Waals surface area (Å²) in [5.41, 5.74) is 1.29. The number of ketones is 1. The minimum absolute atomic E-state index is 0.0698. The van der Waals surface area contributed by atoms with Crippen molar-refractivity contribution in [1.82, 2.24) is 4.90 Å². The van der Waals surface area contributed by atoms with Crippen molar-refractivity contribution in [2.75, 3.05) is 6.54 Å². The van der Waals surface area contributed by atoms with E-state index in [1.165, 1.54) is 11.8 Å². The van der Waals surface area contributed by atoms with E-state index in [2.05, 4.69) is 27.5 Å². The molecule has 0 aliphatic carbocycles. The maximum absolute atomic E-state index is 12.8. The number of rotatable bonds is 6. The Balaban J connectivity index is 1.79. The lowest BCUT2D eigenvalue weighted by molar-refractivity contribution is -0.125. The Kier molecular flexibility index (Phi) is 6.52. The summed E-state index contributed by atoms with van der Waals surface area (Å²) in [4.78, 5) is 31.4. The lowest BCUT2D eigenvalue weighted by Gasteiger charge is -2.13. The molecule has 1 amide bonds. The normalized spacial score (nSPS) is 18.1. The summed E-state index contributed by atoms with van der Waals surface area (Å²) in [6, 6.07) is 14.2. The number of nitrogens with zero attached hydrogens (tertiary/aromatic N) is 2. The Hall–Kier alpha value is -1.89. The summed E-state index contributed by atoms with van der Waals surface area (Å²) in [5.74, 6) is -0.197. The first kappa shape index (κ1) is 19.9. The van der Waals surface area contributed by atoms with E-state index in [-0.39, 0.29) is 18.1 Å². The standard InChI is InChI=1S/C20H16BrClN2O2S/c1-2-11-24-19(26)18(12-17(25)13-3-5-14(21)6-4-13)27-20(24)23-16-9-7-15(22)8-10-16/h2-10,18H,1,11-12H2/t18-/m0/s1. The highest BCUT2D eigenvalue weighted by Gasteiger charge is 2.38. The molecule has 1 fully saturated rings. The van der Waals surface area contributed by atoms with E-state index in [1.807, 2.05) is 12.1 Å². The van der Waals surface area contributed by atoms with Crippen molar-refractivity contribution in [3.05, 3.63) is 76.2 Å². The summed E-state index contributed by atoms with van der Waals surface area (Å²) in [6.07, 6.45) is 1.77. The van der Waals surface area contributed by atoms with Crippen LogP contribution in [0.3, 0.4) is 0 Å². The molecule has 2 aromatic rings. The first-order valence-corrected chi connectivity index (χ1v) is 10.2. The second kappa shape index (κ2) is 8.87. The van der Waals surface area contributed by atoms with Crippen molar-refractivity contribution in [2.24, 2.45) is 4.99 Å². The molecule has 4 nitrogen and oxygen atoms in total. The first-order valence-electron chi connectivity index (χ1n) is 8.20. The summed E-state index contributed by atoms with van der Waals surface area (Å²) < 4.78 is 0.903. The van der Waals surface area contributed by atoms with E-state index in [0.29, 0.717) is 28.0 Å². The van der Waals surface area contributed by atoms with E-state index in [0.717, 1.165) is 4.47 Å². The van der Waals surface area contributed by atoms with Crippen LogP contribution in [0.2, 0.25) is 5.02 Å². The van der Waals surface area contributed by atoms with Gasteiger partial charge in [-0.2, -0.15) is 0 Å². The number of amides is 1. The number of hydrogen-bond acceptors (Lipinski definition) is 4. The molecule has 0 aromatic heterocycles. The maximum Gasteiger partial charge on any atom is 0.242 e. The van der Waals surface area contributed by atoms with Gasteiger partial charge in [-0.25, -0.2) is 4.99 Å². The SMILES string of the molecule is C=CCN1C(=O)[C@H](CC(=O)c2ccc(Br)cc2)SC1=Nc1ccc(Cl)cc1. The van der Waals surface area contributed by atoms with Crippen molar-refractivity contribution in [2.45, 2.75) is 11.7 Å². The van der Waals surface area contributed by atoms with Gasteiger partial charge < -0.3 is 0 Å². The lowest BCUT2D eigenvalue weighted by Crippen LogP contribution is -2.32. The third-order valence-corrected chi connectivity index (χ3v) is 5.88. The third kappa shape index (κ3) is 4.89. The fourth-order valence-corrected chi connectivity index (χ4v) is 4.13. The van der Waals surface area contributed by atoms with Gasteiger partial charge in [0.15, 0.2) is 11.0 Å². The Morgan fingerprint density at radius 1 is 1.22 bits per heavy atom. The van der Waals surface area contributed by atoms with Crippen molar-refractivity contribution >= 4 is 61.8 Å². The number of hydrogen-bond donors (Lipinski definition) is 0. The number of benzene rings is 2. The van der Waals surface area contributed by atoms with Crippen molar-refractivity contribution in [3.63, 3.8) is 0 Å². The fourth-order valence-electron chi connectivity index (χ4n) is 2.57. The molecule has 2 aromatic carbocycles. The van der Waals surface area contributed by atoms with Gasteiger partial charge in [-0.1, -0.05) is 57.5 Å². The van der Waals surface area contributed by atoms with E-state index in [1.54, 1.807) is 47.4 Å². The molecule has 1 saturated heterocycles. The number of carbonyl (C=O) groups excluding carboxylic acids is 2. The van der Waals surface area contributed by atoms with Gasteiger partial charge in [-0.15, -0.1) is 6.58 Å². The number of thioether (sulfide) groups is 1. The van der Waals surface area contributed by atoms with Crippen LogP contribution in [0.1, 0.15) is 16.8 Å². The van der Waals surface area contributed by atoms with Crippen LogP contribution in [0.25, 0.3) is 0 Å². The van der Waals surface area contributed by atoms with Crippen LogP contribution in [-0.2, 0) is 4.79 Å². The molecule has 0 saturated carbocycles. The Bertz CT molecular complexity index is 897. The van der Waals surface area contributed by atoms with Crippen molar-refractivity contribution in [1.29, 1.82) is 0 Å². The predicted molar refractivity (Wildman–Crippen MR) is 115 cm³/mol. The monoisotopic (exact) mass is 462 g/mol. The second-order valence-electron chi connectivity index (χ2n) is 5.85. The molecule has 3 rings (SSSR count). The zero-order valence-electron chi connectivity index (χ0n) is 14.3. The van der Waals surface area contributed by atoms with Gasteiger partial charge >= 0.3 is 0 Å². The van der Waals surface area contributed by atoms with Crippen LogP contribution in [0.15, 0.2) is 70.7 Å². The zero-order valence-corrected chi connectivity index (χ0v) is 17.4. The van der Waals surface area contributed by atoms with Gasteiger partial charge in [0.1, 0.15) is 0 Å². The van der Waals surface area contributed by atoms with Crippen LogP contribution in [-0.4, -0.2) is 33.6 Å². The van der Waals surface area contributed by atoms with Gasteiger partial charge in [0.05, 0.1) is 10.9 Å². The Labute approximate surface area is 175 Å². The summed E-state index contributed by atoms with van der Waals surface area (Å²) in [7, 11) is 0. The fraction of sp³-hybridized carbons (Fsp3) is 0.150. The number of halogens is 2. The van der Waals surface area contributed by atoms with E-state index >= 15 is 0 Å². The van der Waals surface area contributed by atoms with Crippen LogP contribution >= 0.6 is 39.3 Å². The molecule has 0 spiro atoms. The Morgan fingerprint density at radius 3 is 2.52 bits per heavy atom. The highest BCUT2D eigenvalue weighted by atomic mass is 79.9. The minimum atomic E-state index is -0.493. The molecule has 27 heavy (non-hydrogen) atoms. The molecule has 0 unspecified atom stereocenters. The third-order valence-electron chi connectivity index (χ3n) is 3.92. The van der Waals surface area contributed by atoms with Crippen LogP contribution in [0.5, 0.6) is 0 Å². The summed E-state index contributed by atoms with van der Waals surface area (Å²) in [6.45, 7) is 4.05. The highest BCUT2D eigenvalue weighted by molar-refractivity contribution is 9.10.